The summed E-state index contributed by atoms with van der Waals surface area (Å²) in [6.07, 6.45) is 0. The number of rotatable bonds is 2. The molecule has 0 fully saturated rings. The van der Waals surface area contributed by atoms with E-state index in [9.17, 15) is 8.42 Å². The molecule has 0 radical (unpaired) electrons. The van der Waals surface area contributed by atoms with Gasteiger partial charge in [-0.25, -0.2) is 0 Å². The Bertz CT molecular complexity index is 841. The Morgan fingerprint density at radius 3 is 2.53 bits per heavy atom. The summed E-state index contributed by atoms with van der Waals surface area (Å²) in [6, 6.07) is 13.6. The Hall–Kier alpha value is -2.25. The minimum Gasteiger partial charge on any atom is -0.282 e. The van der Waals surface area contributed by atoms with Crippen LogP contribution >= 0.6 is 0 Å². The van der Waals surface area contributed by atoms with Gasteiger partial charge in [0.15, 0.2) is 5.52 Å². The van der Waals surface area contributed by atoms with Crippen LogP contribution in [-0.2, 0) is 10.1 Å². The van der Waals surface area contributed by atoms with Gasteiger partial charge in [0.1, 0.15) is 5.69 Å². The molecule has 0 atom stereocenters. The van der Waals surface area contributed by atoms with Crippen LogP contribution in [0, 0.1) is 0 Å². The maximum atomic E-state index is 11.1. The number of aromatic nitrogens is 3. The zero-order chi connectivity index (χ0) is 13.5. The Labute approximate surface area is 109 Å². The topological polar surface area (TPSA) is 86.3 Å². The molecule has 96 valence electrons. The van der Waals surface area contributed by atoms with Crippen LogP contribution in [0.5, 0.6) is 0 Å². The number of H-pyrrole nitrogens is 1. The van der Waals surface area contributed by atoms with E-state index in [0.29, 0.717) is 11.0 Å². The second-order valence-electron chi connectivity index (χ2n) is 4.01. The number of nitrogens with zero attached hydrogens (tertiary/aromatic N) is 2. The zero-order valence-corrected chi connectivity index (χ0v) is 10.5. The molecule has 1 aromatic heterocycles. The fourth-order valence-corrected chi connectivity index (χ4v) is 2.29. The van der Waals surface area contributed by atoms with E-state index in [2.05, 4.69) is 10.2 Å². The highest BCUT2D eigenvalue weighted by molar-refractivity contribution is 7.85. The zero-order valence-electron chi connectivity index (χ0n) is 9.69. The van der Waals surface area contributed by atoms with Crippen molar-refractivity contribution in [3.8, 4) is 5.69 Å². The summed E-state index contributed by atoms with van der Waals surface area (Å²) in [5.74, 6) is 0. The predicted molar refractivity (Wildman–Crippen MR) is 67.4 cm³/mol. The summed E-state index contributed by atoms with van der Waals surface area (Å²) in [5, 5.41) is 7.26. The molecule has 1 heterocycles. The molecular formula is C12H10N3O3S+. The molecule has 2 N–H and O–H groups in total. The van der Waals surface area contributed by atoms with Crippen LogP contribution in [0.25, 0.3) is 16.7 Å². The average molecular weight is 276 g/mol. The van der Waals surface area contributed by atoms with Gasteiger partial charge in [0.25, 0.3) is 15.6 Å². The molecule has 0 spiro atoms. The number of aromatic amines is 1. The maximum Gasteiger partial charge on any atom is 0.294 e. The lowest BCUT2D eigenvalue weighted by Crippen LogP contribution is -2.17. The minimum absolute atomic E-state index is 0.174. The van der Waals surface area contributed by atoms with Crippen LogP contribution in [0.15, 0.2) is 53.4 Å². The second kappa shape index (κ2) is 4.15. The van der Waals surface area contributed by atoms with E-state index in [-0.39, 0.29) is 4.90 Å². The smallest absolute Gasteiger partial charge is 0.282 e. The second-order valence-corrected chi connectivity index (χ2v) is 5.43. The molecular weight excluding hydrogens is 266 g/mol. The third kappa shape index (κ3) is 2.20. The van der Waals surface area contributed by atoms with E-state index in [4.69, 9.17) is 4.55 Å². The number of hydrogen-bond acceptors (Lipinski definition) is 3. The van der Waals surface area contributed by atoms with Crippen LogP contribution in [-0.4, -0.2) is 22.9 Å². The first-order chi connectivity index (χ1) is 9.04. The van der Waals surface area contributed by atoms with Crippen molar-refractivity contribution in [2.75, 3.05) is 0 Å². The van der Waals surface area contributed by atoms with Gasteiger partial charge in [-0.05, 0) is 29.1 Å². The Kier molecular flexibility index (Phi) is 2.58. The van der Waals surface area contributed by atoms with Crippen LogP contribution in [0.3, 0.4) is 0 Å². The normalized spacial score (nSPS) is 11.8. The van der Waals surface area contributed by atoms with Crippen LogP contribution in [0.2, 0.25) is 0 Å². The highest BCUT2D eigenvalue weighted by Crippen LogP contribution is 2.15. The van der Waals surface area contributed by atoms with Gasteiger partial charge >= 0.3 is 0 Å². The highest BCUT2D eigenvalue weighted by Gasteiger charge is 2.17. The molecule has 0 bridgehead atoms. The first-order valence-corrected chi connectivity index (χ1v) is 6.93. The van der Waals surface area contributed by atoms with Crippen molar-refractivity contribution in [1.82, 2.24) is 9.90 Å². The largest absolute Gasteiger partial charge is 0.294 e. The predicted octanol–water partition coefficient (Wildman–Crippen LogP) is 1.09. The van der Waals surface area contributed by atoms with Crippen molar-refractivity contribution in [2.45, 2.75) is 4.90 Å². The number of benzene rings is 2. The molecule has 0 aliphatic carbocycles. The van der Waals surface area contributed by atoms with Crippen LogP contribution in [0.4, 0.5) is 0 Å². The van der Waals surface area contributed by atoms with E-state index < -0.39 is 10.1 Å². The van der Waals surface area contributed by atoms with Gasteiger partial charge < -0.3 is 0 Å². The van der Waals surface area contributed by atoms with Crippen molar-refractivity contribution >= 4 is 21.2 Å². The molecule has 0 saturated carbocycles. The summed E-state index contributed by atoms with van der Waals surface area (Å²) in [4.78, 5) is 1.37. The summed E-state index contributed by atoms with van der Waals surface area (Å²) in [6.45, 7) is 0. The van der Waals surface area contributed by atoms with Gasteiger partial charge in [0.2, 0.25) is 0 Å². The third-order valence-electron chi connectivity index (χ3n) is 2.70. The van der Waals surface area contributed by atoms with Gasteiger partial charge in [-0.2, -0.15) is 13.5 Å². The fraction of sp³-hybridized carbons (Fsp3) is 0. The number of nitrogens with one attached hydrogen (secondary N) is 1. The Morgan fingerprint density at radius 2 is 1.84 bits per heavy atom. The summed E-state index contributed by atoms with van der Waals surface area (Å²) >= 11 is 0. The minimum atomic E-state index is -4.21. The van der Waals surface area contributed by atoms with Crippen molar-refractivity contribution in [2.24, 2.45) is 0 Å². The summed E-state index contributed by atoms with van der Waals surface area (Å²) in [5.41, 5.74) is 1.96. The van der Waals surface area contributed by atoms with Crippen molar-refractivity contribution in [3.63, 3.8) is 0 Å². The van der Waals surface area contributed by atoms with E-state index in [0.717, 1.165) is 5.69 Å². The van der Waals surface area contributed by atoms with Crippen LogP contribution in [0.1, 0.15) is 0 Å². The van der Waals surface area contributed by atoms with Gasteiger partial charge in [0.05, 0.1) is 9.99 Å². The molecule has 2 aromatic carbocycles. The quantitative estimate of drug-likeness (QED) is 0.710. The van der Waals surface area contributed by atoms with Gasteiger partial charge in [-0.1, -0.05) is 18.2 Å². The van der Waals surface area contributed by atoms with Crippen LogP contribution < -0.4 is 5.10 Å². The number of para-hydroxylation sites is 1. The Morgan fingerprint density at radius 1 is 1.11 bits per heavy atom. The molecule has 3 aromatic rings. The number of fused-ring (bicyclic) bond motifs is 1. The maximum absolute atomic E-state index is 11.1. The van der Waals surface area contributed by atoms with Gasteiger partial charge in [0, 0.05) is 6.07 Å². The lowest BCUT2D eigenvalue weighted by Gasteiger charge is -1.91. The standard InChI is InChI=1S/C12H9N3O3S/c16-19(17,18)10-6-7-11-12(8-10)14-15(13-11)9-4-2-1-3-5-9/h1-8H,(H,16,17,18)/p+1. The van der Waals surface area contributed by atoms with E-state index in [1.807, 2.05) is 30.3 Å². The first-order valence-electron chi connectivity index (χ1n) is 5.49. The SMILES string of the molecule is O=S(=O)(O)c1ccc2[nH+]n(-c3ccccc3)nc2c1. The molecule has 0 aliphatic rings. The Balaban J connectivity index is 2.17. The fourth-order valence-electron chi connectivity index (χ4n) is 1.79. The molecule has 0 amide bonds. The van der Waals surface area contributed by atoms with Gasteiger partial charge in [-0.3, -0.25) is 4.55 Å². The molecule has 0 aliphatic heterocycles. The van der Waals surface area contributed by atoms with E-state index >= 15 is 0 Å². The monoisotopic (exact) mass is 276 g/mol. The molecule has 0 unspecified atom stereocenters. The molecule has 0 saturated heterocycles. The third-order valence-corrected chi connectivity index (χ3v) is 3.55. The van der Waals surface area contributed by atoms with Gasteiger partial charge in [-0.15, -0.1) is 0 Å². The molecule has 6 nitrogen and oxygen atoms in total. The molecule has 7 heteroatoms. The van der Waals surface area contributed by atoms with Crippen molar-refractivity contribution < 1.29 is 18.1 Å². The first kappa shape index (κ1) is 11.8. The highest BCUT2D eigenvalue weighted by atomic mass is 32.2. The molecule has 3 rings (SSSR count). The summed E-state index contributed by atoms with van der Waals surface area (Å²) < 4.78 is 31.1. The van der Waals surface area contributed by atoms with Crippen molar-refractivity contribution in [1.29, 1.82) is 0 Å². The number of hydrogen-bond donors (Lipinski definition) is 1. The van der Waals surface area contributed by atoms with E-state index in [1.54, 1.807) is 10.9 Å². The summed E-state index contributed by atoms with van der Waals surface area (Å²) in [7, 11) is -4.21. The van der Waals surface area contributed by atoms with E-state index in [1.165, 1.54) is 12.1 Å². The lowest BCUT2D eigenvalue weighted by atomic mass is 10.3. The van der Waals surface area contributed by atoms with Crippen molar-refractivity contribution in [3.05, 3.63) is 48.5 Å². The molecule has 19 heavy (non-hydrogen) atoms. The average Bonchev–Trinajstić information content (AvgIpc) is 2.81. The lowest BCUT2D eigenvalue weighted by molar-refractivity contribution is -0.454.